The zero-order chi connectivity index (χ0) is 13.5. The molecule has 0 spiro atoms. The minimum atomic E-state index is -0.402. The van der Waals surface area contributed by atoms with Crippen molar-refractivity contribution in [1.29, 1.82) is 0 Å². The molecule has 0 aliphatic heterocycles. The van der Waals surface area contributed by atoms with Gasteiger partial charge >= 0.3 is 0 Å². The van der Waals surface area contributed by atoms with Crippen molar-refractivity contribution in [3.63, 3.8) is 0 Å². The third kappa shape index (κ3) is 2.35. The van der Waals surface area contributed by atoms with Crippen molar-refractivity contribution >= 4 is 22.0 Å². The molecular weight excluding hydrogens is 306 g/mol. The van der Waals surface area contributed by atoms with Crippen LogP contribution in [0, 0.1) is 6.92 Å². The van der Waals surface area contributed by atoms with Crippen molar-refractivity contribution in [2.75, 3.05) is 0 Å². The monoisotopic (exact) mass is 321 g/mol. The Balaban J connectivity index is 2.09. The number of hydrogen-bond acceptors (Lipinski definition) is 3. The summed E-state index contributed by atoms with van der Waals surface area (Å²) < 4.78 is 6.99. The van der Waals surface area contributed by atoms with Crippen LogP contribution in [0.3, 0.4) is 0 Å². The molecular formula is C15H16BrNO2. The van der Waals surface area contributed by atoms with Gasteiger partial charge in [-0.25, -0.2) is 4.79 Å². The Morgan fingerprint density at radius 2 is 2.16 bits per heavy atom. The highest BCUT2D eigenvalue weighted by Crippen LogP contribution is 2.51. The molecule has 0 amide bonds. The highest BCUT2D eigenvalue weighted by Gasteiger charge is 2.42. The SMILES string of the molecule is Cc1cc(Br)c(OC2CC2)c(C2(N=C=O)CCC2)c1. The van der Waals surface area contributed by atoms with Crippen LogP contribution in [0.15, 0.2) is 21.6 Å². The molecule has 0 atom stereocenters. The summed E-state index contributed by atoms with van der Waals surface area (Å²) in [6.45, 7) is 2.05. The number of aliphatic imine (C=N–C) groups is 1. The Morgan fingerprint density at radius 1 is 1.42 bits per heavy atom. The molecule has 0 saturated heterocycles. The maximum atomic E-state index is 10.8. The largest absolute Gasteiger partial charge is 0.489 e. The summed E-state index contributed by atoms with van der Waals surface area (Å²) in [5.74, 6) is 0.867. The number of ether oxygens (including phenoxy) is 1. The average molecular weight is 322 g/mol. The van der Waals surface area contributed by atoms with Gasteiger partial charge in [-0.1, -0.05) is 0 Å². The van der Waals surface area contributed by atoms with Crippen LogP contribution >= 0.6 is 15.9 Å². The van der Waals surface area contributed by atoms with E-state index >= 15 is 0 Å². The van der Waals surface area contributed by atoms with Crippen molar-refractivity contribution in [1.82, 2.24) is 0 Å². The van der Waals surface area contributed by atoms with E-state index < -0.39 is 5.54 Å². The van der Waals surface area contributed by atoms with Crippen molar-refractivity contribution in [3.8, 4) is 5.75 Å². The van der Waals surface area contributed by atoms with Crippen LogP contribution in [0.25, 0.3) is 0 Å². The van der Waals surface area contributed by atoms with Gasteiger partial charge in [0.25, 0.3) is 0 Å². The van der Waals surface area contributed by atoms with E-state index in [2.05, 4.69) is 33.1 Å². The Labute approximate surface area is 121 Å². The molecule has 4 heteroatoms. The topological polar surface area (TPSA) is 38.7 Å². The second kappa shape index (κ2) is 4.77. The lowest BCUT2D eigenvalue weighted by molar-refractivity contribution is 0.232. The third-order valence-corrected chi connectivity index (χ3v) is 4.53. The predicted molar refractivity (Wildman–Crippen MR) is 76.2 cm³/mol. The van der Waals surface area contributed by atoms with Crippen LogP contribution in [0.5, 0.6) is 5.75 Å². The first-order valence-corrected chi connectivity index (χ1v) is 7.50. The van der Waals surface area contributed by atoms with Gasteiger partial charge in [0.15, 0.2) is 0 Å². The van der Waals surface area contributed by atoms with Crippen molar-refractivity contribution in [2.24, 2.45) is 4.99 Å². The number of carbonyl (C=O) groups excluding carboxylic acids is 1. The smallest absolute Gasteiger partial charge is 0.235 e. The number of hydrogen-bond donors (Lipinski definition) is 0. The molecule has 0 aromatic heterocycles. The lowest BCUT2D eigenvalue weighted by atomic mass is 9.71. The second-order valence-corrected chi connectivity index (χ2v) is 6.38. The molecule has 0 heterocycles. The summed E-state index contributed by atoms with van der Waals surface area (Å²) in [5.41, 5.74) is 1.79. The molecule has 2 saturated carbocycles. The number of benzene rings is 1. The Kier molecular flexibility index (Phi) is 3.23. The molecule has 0 N–H and O–H groups in total. The molecule has 1 aromatic rings. The van der Waals surface area contributed by atoms with Gasteiger partial charge in [-0.3, -0.25) is 0 Å². The molecule has 0 radical (unpaired) electrons. The van der Waals surface area contributed by atoms with E-state index in [1.54, 1.807) is 6.08 Å². The standard InChI is InChI=1S/C15H16BrNO2/c1-10-7-12(15(17-9-18)5-2-6-15)14(13(16)8-10)19-11-3-4-11/h7-8,11H,2-6H2,1H3. The van der Waals surface area contributed by atoms with Crippen LogP contribution in [0.1, 0.15) is 43.2 Å². The van der Waals surface area contributed by atoms with E-state index in [0.29, 0.717) is 6.10 Å². The van der Waals surface area contributed by atoms with E-state index in [-0.39, 0.29) is 0 Å². The fraction of sp³-hybridized carbons (Fsp3) is 0.533. The maximum absolute atomic E-state index is 10.8. The van der Waals surface area contributed by atoms with E-state index in [4.69, 9.17) is 4.74 Å². The van der Waals surface area contributed by atoms with E-state index in [1.165, 1.54) is 0 Å². The Bertz CT molecular complexity index is 556. The Hall–Kier alpha value is -1.12. The maximum Gasteiger partial charge on any atom is 0.235 e. The van der Waals surface area contributed by atoms with Gasteiger partial charge in [-0.2, -0.15) is 4.99 Å². The molecule has 2 aliphatic carbocycles. The minimum absolute atomic E-state index is 0.329. The average Bonchev–Trinajstić information content (AvgIpc) is 3.11. The van der Waals surface area contributed by atoms with Crippen molar-refractivity contribution in [2.45, 2.75) is 50.7 Å². The van der Waals surface area contributed by atoms with Crippen LogP contribution in [0.4, 0.5) is 0 Å². The van der Waals surface area contributed by atoms with Gasteiger partial charge in [0.1, 0.15) is 11.3 Å². The first kappa shape index (κ1) is 12.9. The van der Waals surface area contributed by atoms with E-state index in [9.17, 15) is 4.79 Å². The molecule has 3 rings (SSSR count). The summed E-state index contributed by atoms with van der Waals surface area (Å²) >= 11 is 3.59. The lowest BCUT2D eigenvalue weighted by Gasteiger charge is -2.38. The quantitative estimate of drug-likeness (QED) is 0.620. The highest BCUT2D eigenvalue weighted by molar-refractivity contribution is 9.10. The highest BCUT2D eigenvalue weighted by atomic mass is 79.9. The summed E-state index contributed by atoms with van der Waals surface area (Å²) in [4.78, 5) is 14.9. The first-order valence-electron chi connectivity index (χ1n) is 6.71. The van der Waals surface area contributed by atoms with Gasteiger partial charge < -0.3 is 4.74 Å². The van der Waals surface area contributed by atoms with Gasteiger partial charge in [-0.15, -0.1) is 0 Å². The second-order valence-electron chi connectivity index (χ2n) is 5.53. The van der Waals surface area contributed by atoms with Crippen LogP contribution < -0.4 is 4.74 Å². The Morgan fingerprint density at radius 3 is 2.68 bits per heavy atom. The predicted octanol–water partition coefficient (Wildman–Crippen LogP) is 4.01. The number of nitrogens with zero attached hydrogens (tertiary/aromatic N) is 1. The summed E-state index contributed by atoms with van der Waals surface area (Å²) in [5, 5.41) is 0. The van der Waals surface area contributed by atoms with Crippen LogP contribution in [-0.2, 0) is 10.3 Å². The zero-order valence-electron chi connectivity index (χ0n) is 10.9. The normalized spacial score (nSPS) is 20.3. The minimum Gasteiger partial charge on any atom is -0.489 e. The molecule has 3 nitrogen and oxygen atoms in total. The summed E-state index contributed by atoms with van der Waals surface area (Å²) in [6.07, 6.45) is 7.21. The molecule has 0 unspecified atom stereocenters. The van der Waals surface area contributed by atoms with Crippen molar-refractivity contribution < 1.29 is 9.53 Å². The van der Waals surface area contributed by atoms with Gasteiger partial charge in [0, 0.05) is 5.56 Å². The third-order valence-electron chi connectivity index (χ3n) is 3.94. The van der Waals surface area contributed by atoms with Crippen LogP contribution in [-0.4, -0.2) is 12.2 Å². The van der Waals surface area contributed by atoms with E-state index in [0.717, 1.165) is 53.5 Å². The number of aryl methyl sites for hydroxylation is 1. The fourth-order valence-electron chi connectivity index (χ4n) is 2.59. The first-order chi connectivity index (χ1) is 9.14. The summed E-state index contributed by atoms with van der Waals surface area (Å²) in [6, 6.07) is 4.15. The van der Waals surface area contributed by atoms with E-state index in [1.807, 2.05) is 6.92 Å². The number of halogens is 1. The van der Waals surface area contributed by atoms with Gasteiger partial charge in [0.2, 0.25) is 6.08 Å². The fourth-order valence-corrected chi connectivity index (χ4v) is 3.26. The molecule has 2 fully saturated rings. The van der Waals surface area contributed by atoms with Crippen LogP contribution in [0.2, 0.25) is 0 Å². The molecule has 2 aliphatic rings. The molecule has 100 valence electrons. The summed E-state index contributed by atoms with van der Waals surface area (Å²) in [7, 11) is 0. The van der Waals surface area contributed by atoms with Crippen molar-refractivity contribution in [3.05, 3.63) is 27.7 Å². The zero-order valence-corrected chi connectivity index (χ0v) is 12.5. The van der Waals surface area contributed by atoms with Gasteiger partial charge in [-0.05, 0) is 72.7 Å². The number of rotatable bonds is 4. The molecule has 1 aromatic carbocycles. The molecule has 0 bridgehead atoms. The molecule has 19 heavy (non-hydrogen) atoms. The lowest BCUT2D eigenvalue weighted by Crippen LogP contribution is -2.32. The van der Waals surface area contributed by atoms with Gasteiger partial charge in [0.05, 0.1) is 10.6 Å². The number of isocyanates is 1.